The lowest BCUT2D eigenvalue weighted by Crippen LogP contribution is -2.38. The number of hydrogen-bond donors (Lipinski definition) is 2. The molecule has 0 fully saturated rings. The number of aryl methyl sites for hydroxylation is 1. The summed E-state index contributed by atoms with van der Waals surface area (Å²) < 4.78 is 7.72. The highest BCUT2D eigenvalue weighted by molar-refractivity contribution is 5.79. The average Bonchev–Trinajstić information content (AvgIpc) is 3.32. The Labute approximate surface area is 154 Å². The van der Waals surface area contributed by atoms with Gasteiger partial charge in [-0.3, -0.25) is 0 Å². The summed E-state index contributed by atoms with van der Waals surface area (Å²) in [6.45, 7) is 7.07. The molecule has 0 aliphatic carbocycles. The van der Waals surface area contributed by atoms with Crippen molar-refractivity contribution in [2.75, 3.05) is 13.1 Å². The second kappa shape index (κ2) is 8.89. The molecule has 3 rings (SSSR count). The molecule has 6 nitrogen and oxygen atoms in total. The number of benzene rings is 1. The zero-order chi connectivity index (χ0) is 18.2. The first kappa shape index (κ1) is 17.8. The van der Waals surface area contributed by atoms with E-state index in [1.165, 1.54) is 5.56 Å². The van der Waals surface area contributed by atoms with Crippen LogP contribution in [-0.2, 0) is 13.1 Å². The Hall–Kier alpha value is -3.02. The Kier molecular flexibility index (Phi) is 6.09. The van der Waals surface area contributed by atoms with Crippen molar-refractivity contribution in [1.82, 2.24) is 20.2 Å². The third-order valence-electron chi connectivity index (χ3n) is 3.92. The second-order valence-corrected chi connectivity index (χ2v) is 6.05. The number of rotatable bonds is 7. The van der Waals surface area contributed by atoms with Crippen LogP contribution in [0.1, 0.15) is 18.2 Å². The molecule has 2 aromatic heterocycles. The SMILES string of the molecule is CCNC(=NCc1coc(-c2ccc(C)cc2)n1)NCCn1cccc1. The van der Waals surface area contributed by atoms with Crippen molar-refractivity contribution < 1.29 is 4.42 Å². The first-order valence-corrected chi connectivity index (χ1v) is 8.89. The summed E-state index contributed by atoms with van der Waals surface area (Å²) in [6, 6.07) is 12.2. The lowest BCUT2D eigenvalue weighted by Gasteiger charge is -2.11. The van der Waals surface area contributed by atoms with Crippen LogP contribution in [0, 0.1) is 6.92 Å². The molecule has 0 amide bonds. The summed E-state index contributed by atoms with van der Waals surface area (Å²) in [6.07, 6.45) is 5.77. The third-order valence-corrected chi connectivity index (χ3v) is 3.92. The fraction of sp³-hybridized carbons (Fsp3) is 0.300. The highest BCUT2D eigenvalue weighted by atomic mass is 16.3. The fourth-order valence-electron chi connectivity index (χ4n) is 2.53. The molecule has 1 aromatic carbocycles. The first-order valence-electron chi connectivity index (χ1n) is 8.89. The van der Waals surface area contributed by atoms with Gasteiger partial charge in [0.05, 0.1) is 6.54 Å². The number of guanidine groups is 1. The van der Waals surface area contributed by atoms with E-state index in [2.05, 4.69) is 51.2 Å². The molecule has 26 heavy (non-hydrogen) atoms. The number of aromatic nitrogens is 2. The summed E-state index contributed by atoms with van der Waals surface area (Å²) in [4.78, 5) is 9.12. The van der Waals surface area contributed by atoms with E-state index in [4.69, 9.17) is 4.42 Å². The van der Waals surface area contributed by atoms with Gasteiger partial charge in [-0.1, -0.05) is 17.7 Å². The van der Waals surface area contributed by atoms with Crippen molar-refractivity contribution in [1.29, 1.82) is 0 Å². The van der Waals surface area contributed by atoms with E-state index in [0.717, 1.165) is 36.9 Å². The topological polar surface area (TPSA) is 67.4 Å². The Morgan fingerprint density at radius 1 is 1.15 bits per heavy atom. The largest absolute Gasteiger partial charge is 0.444 e. The van der Waals surface area contributed by atoms with Gasteiger partial charge in [0, 0.05) is 37.6 Å². The number of nitrogens with one attached hydrogen (secondary N) is 2. The molecule has 0 saturated carbocycles. The molecule has 0 saturated heterocycles. The molecule has 0 aliphatic rings. The molecular weight excluding hydrogens is 326 g/mol. The van der Waals surface area contributed by atoms with E-state index >= 15 is 0 Å². The normalized spacial score (nSPS) is 11.5. The van der Waals surface area contributed by atoms with Gasteiger partial charge in [-0.2, -0.15) is 0 Å². The van der Waals surface area contributed by atoms with Gasteiger partial charge in [0.1, 0.15) is 12.0 Å². The Morgan fingerprint density at radius 3 is 2.65 bits per heavy atom. The summed E-state index contributed by atoms with van der Waals surface area (Å²) in [5.74, 6) is 1.40. The Morgan fingerprint density at radius 2 is 1.92 bits per heavy atom. The van der Waals surface area contributed by atoms with Crippen LogP contribution in [-0.4, -0.2) is 28.6 Å². The van der Waals surface area contributed by atoms with Gasteiger partial charge in [-0.15, -0.1) is 0 Å². The fourth-order valence-corrected chi connectivity index (χ4v) is 2.53. The van der Waals surface area contributed by atoms with Crippen LogP contribution < -0.4 is 10.6 Å². The lowest BCUT2D eigenvalue weighted by molar-refractivity contribution is 0.572. The number of nitrogens with zero attached hydrogens (tertiary/aromatic N) is 3. The van der Waals surface area contributed by atoms with Gasteiger partial charge in [-0.05, 0) is 38.1 Å². The van der Waals surface area contributed by atoms with Crippen molar-refractivity contribution in [2.45, 2.75) is 26.9 Å². The molecule has 0 spiro atoms. The van der Waals surface area contributed by atoms with E-state index in [9.17, 15) is 0 Å². The highest BCUT2D eigenvalue weighted by Crippen LogP contribution is 2.19. The minimum atomic E-state index is 0.466. The zero-order valence-electron chi connectivity index (χ0n) is 15.3. The minimum Gasteiger partial charge on any atom is -0.444 e. The highest BCUT2D eigenvalue weighted by Gasteiger charge is 2.06. The molecule has 0 radical (unpaired) electrons. The second-order valence-electron chi connectivity index (χ2n) is 6.05. The van der Waals surface area contributed by atoms with Gasteiger partial charge in [0.15, 0.2) is 5.96 Å². The van der Waals surface area contributed by atoms with Crippen LogP contribution in [0.5, 0.6) is 0 Å². The Bertz CT molecular complexity index is 818. The van der Waals surface area contributed by atoms with Crippen molar-refractivity contribution in [3.05, 3.63) is 66.3 Å². The van der Waals surface area contributed by atoms with E-state index in [-0.39, 0.29) is 0 Å². The van der Waals surface area contributed by atoms with E-state index in [0.29, 0.717) is 12.4 Å². The van der Waals surface area contributed by atoms with Crippen LogP contribution in [0.25, 0.3) is 11.5 Å². The molecule has 3 aromatic rings. The summed E-state index contributed by atoms with van der Waals surface area (Å²) >= 11 is 0. The number of aliphatic imine (C=N–C) groups is 1. The molecule has 2 heterocycles. The van der Waals surface area contributed by atoms with E-state index < -0.39 is 0 Å². The average molecular weight is 351 g/mol. The van der Waals surface area contributed by atoms with Gasteiger partial charge in [0.25, 0.3) is 0 Å². The van der Waals surface area contributed by atoms with Crippen molar-refractivity contribution >= 4 is 5.96 Å². The van der Waals surface area contributed by atoms with Crippen LogP contribution >= 0.6 is 0 Å². The first-order chi connectivity index (χ1) is 12.7. The van der Waals surface area contributed by atoms with Gasteiger partial charge in [0.2, 0.25) is 5.89 Å². The van der Waals surface area contributed by atoms with Crippen LogP contribution in [0.4, 0.5) is 0 Å². The smallest absolute Gasteiger partial charge is 0.226 e. The summed E-state index contributed by atoms with van der Waals surface area (Å²) in [5, 5.41) is 6.58. The van der Waals surface area contributed by atoms with Gasteiger partial charge < -0.3 is 19.6 Å². The van der Waals surface area contributed by atoms with Crippen molar-refractivity contribution in [2.24, 2.45) is 4.99 Å². The Balaban J connectivity index is 1.57. The maximum Gasteiger partial charge on any atom is 0.226 e. The lowest BCUT2D eigenvalue weighted by atomic mass is 10.1. The molecule has 136 valence electrons. The number of oxazole rings is 1. The van der Waals surface area contributed by atoms with E-state index in [1.807, 2.05) is 36.7 Å². The molecule has 0 atom stereocenters. The molecule has 0 unspecified atom stereocenters. The monoisotopic (exact) mass is 351 g/mol. The standard InChI is InChI=1S/C20H25N5O/c1-3-21-20(22-10-13-25-11-4-5-12-25)23-14-18-15-26-19(24-18)17-8-6-16(2)7-9-17/h4-9,11-12,15H,3,10,13-14H2,1-2H3,(H2,21,22,23). The third kappa shape index (κ3) is 4.99. The van der Waals surface area contributed by atoms with Gasteiger partial charge >= 0.3 is 0 Å². The summed E-state index contributed by atoms with van der Waals surface area (Å²) in [5.41, 5.74) is 3.00. The molecule has 0 bridgehead atoms. The molecule has 6 heteroatoms. The maximum atomic E-state index is 5.59. The quantitative estimate of drug-likeness (QED) is 0.507. The van der Waals surface area contributed by atoms with Gasteiger partial charge in [-0.25, -0.2) is 9.98 Å². The molecule has 0 aliphatic heterocycles. The van der Waals surface area contributed by atoms with Crippen LogP contribution in [0.15, 0.2) is 64.5 Å². The number of hydrogen-bond acceptors (Lipinski definition) is 3. The van der Waals surface area contributed by atoms with Crippen LogP contribution in [0.3, 0.4) is 0 Å². The molecular formula is C20H25N5O. The summed E-state index contributed by atoms with van der Waals surface area (Å²) in [7, 11) is 0. The van der Waals surface area contributed by atoms with Crippen LogP contribution in [0.2, 0.25) is 0 Å². The van der Waals surface area contributed by atoms with Crippen molar-refractivity contribution in [3.8, 4) is 11.5 Å². The minimum absolute atomic E-state index is 0.466. The maximum absolute atomic E-state index is 5.59. The van der Waals surface area contributed by atoms with Crippen molar-refractivity contribution in [3.63, 3.8) is 0 Å². The predicted molar refractivity (Wildman–Crippen MR) is 104 cm³/mol. The predicted octanol–water partition coefficient (Wildman–Crippen LogP) is 3.21. The van der Waals surface area contributed by atoms with E-state index in [1.54, 1.807) is 6.26 Å². The zero-order valence-corrected chi connectivity index (χ0v) is 15.3. The molecule has 2 N–H and O–H groups in total.